The molecule has 3 aliphatic rings. The van der Waals surface area contributed by atoms with Crippen LogP contribution in [0.5, 0.6) is 0 Å². The van der Waals surface area contributed by atoms with E-state index >= 15 is 0 Å². The molecule has 0 radical (unpaired) electrons. The molecule has 3 saturated carbocycles. The molecule has 26 heavy (non-hydrogen) atoms. The van der Waals surface area contributed by atoms with Crippen LogP contribution in [0.2, 0.25) is 0 Å². The van der Waals surface area contributed by atoms with Gasteiger partial charge in [-0.1, -0.05) is 19.3 Å². The van der Waals surface area contributed by atoms with Gasteiger partial charge in [0.25, 0.3) is 0 Å². The van der Waals surface area contributed by atoms with Gasteiger partial charge < -0.3 is 9.15 Å². The average Bonchev–Trinajstić information content (AvgIpc) is 3.14. The number of hydrogen-bond donors (Lipinski definition) is 0. The van der Waals surface area contributed by atoms with Gasteiger partial charge in [-0.3, -0.25) is 9.78 Å². The summed E-state index contributed by atoms with van der Waals surface area (Å²) in [6, 6.07) is 1.95. The lowest BCUT2D eigenvalue weighted by Gasteiger charge is -2.36. The van der Waals surface area contributed by atoms with Crippen LogP contribution in [0.4, 0.5) is 0 Å². The van der Waals surface area contributed by atoms with E-state index in [-0.39, 0.29) is 11.2 Å². The zero-order valence-corrected chi connectivity index (χ0v) is 15.7. The van der Waals surface area contributed by atoms with Crippen molar-refractivity contribution in [1.29, 1.82) is 0 Å². The standard InChI is InChI=1S/C22H27NO3/c1-13-20-18(17(11-23-13)12-25-2)7-19(26-20)21(24)22-8-14-4-3-5-15(9-22)16(6-14)10-22/h7,11,14-16H,3-6,8-10,12H2,1-2H3. The van der Waals surface area contributed by atoms with Gasteiger partial charge in [0, 0.05) is 29.7 Å². The summed E-state index contributed by atoms with van der Waals surface area (Å²) in [6.45, 7) is 2.42. The second-order valence-electron chi connectivity index (χ2n) is 8.93. The van der Waals surface area contributed by atoms with Gasteiger partial charge in [-0.25, -0.2) is 0 Å². The molecule has 0 spiro atoms. The molecule has 4 unspecified atom stereocenters. The van der Waals surface area contributed by atoms with Crippen LogP contribution in [0.25, 0.3) is 11.0 Å². The minimum atomic E-state index is -0.171. The van der Waals surface area contributed by atoms with Crippen LogP contribution in [-0.4, -0.2) is 17.9 Å². The first-order valence-corrected chi connectivity index (χ1v) is 10.0. The number of rotatable bonds is 4. The first-order chi connectivity index (χ1) is 12.6. The largest absolute Gasteiger partial charge is 0.451 e. The topological polar surface area (TPSA) is 52.3 Å². The minimum absolute atomic E-state index is 0.171. The Balaban J connectivity index is 1.55. The number of ether oxygens (including phenoxy) is 1. The Morgan fingerprint density at radius 1 is 1.31 bits per heavy atom. The number of ketones is 1. The van der Waals surface area contributed by atoms with E-state index in [2.05, 4.69) is 4.98 Å². The van der Waals surface area contributed by atoms with E-state index in [4.69, 9.17) is 9.15 Å². The van der Waals surface area contributed by atoms with E-state index in [1.54, 1.807) is 7.11 Å². The molecule has 5 rings (SSSR count). The monoisotopic (exact) mass is 353 g/mol. The normalized spacial score (nSPS) is 32.9. The predicted octanol–water partition coefficient (Wildman–Crippen LogP) is 5.07. The van der Waals surface area contributed by atoms with Gasteiger partial charge >= 0.3 is 0 Å². The number of fused-ring (bicyclic) bond motifs is 3. The van der Waals surface area contributed by atoms with Gasteiger partial charge in [0.05, 0.1) is 12.3 Å². The van der Waals surface area contributed by atoms with Crippen LogP contribution in [0.15, 0.2) is 16.7 Å². The maximum atomic E-state index is 13.6. The second-order valence-corrected chi connectivity index (χ2v) is 8.93. The van der Waals surface area contributed by atoms with Crippen LogP contribution in [0.3, 0.4) is 0 Å². The van der Waals surface area contributed by atoms with Crippen molar-refractivity contribution >= 4 is 16.8 Å². The first kappa shape index (κ1) is 16.5. The van der Waals surface area contributed by atoms with Crippen LogP contribution >= 0.6 is 0 Å². The molecule has 4 atom stereocenters. The molecular formula is C22H27NO3. The highest BCUT2D eigenvalue weighted by Gasteiger charge is 2.55. The summed E-state index contributed by atoms with van der Waals surface area (Å²) in [5.41, 5.74) is 2.39. The van der Waals surface area contributed by atoms with Crippen molar-refractivity contribution in [1.82, 2.24) is 4.98 Å². The van der Waals surface area contributed by atoms with Crippen molar-refractivity contribution in [2.24, 2.45) is 23.2 Å². The number of methoxy groups -OCH3 is 1. The Bertz CT molecular complexity index is 866. The Morgan fingerprint density at radius 2 is 2.15 bits per heavy atom. The van der Waals surface area contributed by atoms with Gasteiger partial charge in [-0.15, -0.1) is 0 Å². The number of hydrogen-bond acceptors (Lipinski definition) is 4. The van der Waals surface area contributed by atoms with Crippen molar-refractivity contribution in [3.05, 3.63) is 29.3 Å². The Labute approximate surface area is 154 Å². The third kappa shape index (κ3) is 2.38. The lowest BCUT2D eigenvalue weighted by Crippen LogP contribution is -2.34. The summed E-state index contributed by atoms with van der Waals surface area (Å²) in [5, 5.41) is 0.977. The molecule has 3 fully saturated rings. The summed E-state index contributed by atoms with van der Waals surface area (Å²) < 4.78 is 11.4. The number of pyridine rings is 1. The molecule has 2 aromatic heterocycles. The SMILES string of the molecule is COCc1cnc(C)c2oc(C(=O)C34CC5CCCC(C3)C(C5)C4)cc12. The van der Waals surface area contributed by atoms with Gasteiger partial charge in [-0.05, 0) is 56.4 Å². The van der Waals surface area contributed by atoms with Gasteiger partial charge in [0.1, 0.15) is 0 Å². The van der Waals surface area contributed by atoms with Crippen molar-refractivity contribution in [2.75, 3.05) is 7.11 Å². The first-order valence-electron chi connectivity index (χ1n) is 10.0. The quantitative estimate of drug-likeness (QED) is 0.720. The molecular weight excluding hydrogens is 326 g/mol. The van der Waals surface area contributed by atoms with E-state index < -0.39 is 0 Å². The minimum Gasteiger partial charge on any atom is -0.451 e. The fourth-order valence-corrected chi connectivity index (χ4v) is 6.28. The summed E-state index contributed by atoms with van der Waals surface area (Å²) in [7, 11) is 1.68. The highest BCUT2D eigenvalue weighted by Crippen LogP contribution is 2.61. The third-order valence-corrected chi connectivity index (χ3v) is 7.30. The molecule has 3 bridgehead atoms. The van der Waals surface area contributed by atoms with E-state index in [0.717, 1.165) is 59.2 Å². The Kier molecular flexibility index (Phi) is 3.75. The summed E-state index contributed by atoms with van der Waals surface area (Å²) in [5.74, 6) is 3.03. The molecule has 2 heterocycles. The maximum absolute atomic E-state index is 13.6. The fourth-order valence-electron chi connectivity index (χ4n) is 6.28. The van der Waals surface area contributed by atoms with Crippen molar-refractivity contribution in [3.63, 3.8) is 0 Å². The highest BCUT2D eigenvalue weighted by atomic mass is 16.5. The highest BCUT2D eigenvalue weighted by molar-refractivity contribution is 6.02. The molecule has 4 nitrogen and oxygen atoms in total. The molecule has 0 amide bonds. The van der Waals surface area contributed by atoms with E-state index in [1.807, 2.05) is 19.2 Å². The number of aromatic nitrogens is 1. The molecule has 0 N–H and O–H groups in total. The van der Waals surface area contributed by atoms with Crippen molar-refractivity contribution < 1.29 is 13.9 Å². The lowest BCUT2D eigenvalue weighted by atomic mass is 9.67. The maximum Gasteiger partial charge on any atom is 0.204 e. The van der Waals surface area contributed by atoms with Gasteiger partial charge in [-0.2, -0.15) is 0 Å². The van der Waals surface area contributed by atoms with Crippen LogP contribution in [-0.2, 0) is 11.3 Å². The van der Waals surface area contributed by atoms with E-state index in [0.29, 0.717) is 12.4 Å². The molecule has 4 heteroatoms. The summed E-state index contributed by atoms with van der Waals surface area (Å²) >= 11 is 0. The molecule has 0 aromatic carbocycles. The molecule has 0 aliphatic heterocycles. The van der Waals surface area contributed by atoms with Crippen LogP contribution in [0.1, 0.15) is 66.8 Å². The zero-order valence-electron chi connectivity index (χ0n) is 15.7. The third-order valence-electron chi connectivity index (χ3n) is 7.30. The van der Waals surface area contributed by atoms with Gasteiger partial charge in [0.15, 0.2) is 11.3 Å². The fraction of sp³-hybridized carbons (Fsp3) is 0.636. The molecule has 0 saturated heterocycles. The van der Waals surface area contributed by atoms with Crippen LogP contribution < -0.4 is 0 Å². The number of carbonyl (C=O) groups excluding carboxylic acids is 1. The van der Waals surface area contributed by atoms with Crippen LogP contribution in [0, 0.1) is 30.1 Å². The lowest BCUT2D eigenvalue weighted by molar-refractivity contribution is 0.0644. The van der Waals surface area contributed by atoms with Crippen molar-refractivity contribution in [2.45, 2.75) is 58.5 Å². The van der Waals surface area contributed by atoms with Crippen molar-refractivity contribution in [3.8, 4) is 0 Å². The predicted molar refractivity (Wildman–Crippen MR) is 99.0 cm³/mol. The molecule has 2 aromatic rings. The molecule has 138 valence electrons. The number of aryl methyl sites for hydroxylation is 1. The Hall–Kier alpha value is -1.68. The number of carbonyl (C=O) groups is 1. The number of Topliss-reactive ketones (excluding diaryl/α,β-unsaturated/α-hetero) is 1. The Morgan fingerprint density at radius 3 is 3.00 bits per heavy atom. The van der Waals surface area contributed by atoms with Gasteiger partial charge in [0.2, 0.25) is 5.78 Å². The number of nitrogens with zero attached hydrogens (tertiary/aromatic N) is 1. The smallest absolute Gasteiger partial charge is 0.204 e. The second kappa shape index (κ2) is 5.91. The zero-order chi connectivity index (χ0) is 17.9. The molecule has 3 aliphatic carbocycles. The van der Waals surface area contributed by atoms with E-state index in [9.17, 15) is 4.79 Å². The van der Waals surface area contributed by atoms with E-state index in [1.165, 1.54) is 25.7 Å². The average molecular weight is 353 g/mol. The number of furan rings is 1. The summed E-state index contributed by atoms with van der Waals surface area (Å²) in [4.78, 5) is 18.0. The summed E-state index contributed by atoms with van der Waals surface area (Å²) in [6.07, 6.45) is 10.4.